The van der Waals surface area contributed by atoms with Gasteiger partial charge in [-0.1, -0.05) is 149 Å². The Morgan fingerprint density at radius 1 is 0.345 bits per heavy atom. The summed E-state index contributed by atoms with van der Waals surface area (Å²) in [5.41, 5.74) is 23.6. The second-order valence-electron chi connectivity index (χ2n) is 17.6. The summed E-state index contributed by atoms with van der Waals surface area (Å²) in [7, 11) is 0. The van der Waals surface area contributed by atoms with Crippen LogP contribution in [0.3, 0.4) is 0 Å². The van der Waals surface area contributed by atoms with Gasteiger partial charge in [-0.25, -0.2) is 0 Å². The second-order valence-corrected chi connectivity index (χ2v) is 17.6. The van der Waals surface area contributed by atoms with Gasteiger partial charge in [0.2, 0.25) is 0 Å². The van der Waals surface area contributed by atoms with Crippen LogP contribution < -0.4 is 9.64 Å². The minimum Gasteiger partial charge on any atom is -0.453 e. The molecule has 2 heteroatoms. The van der Waals surface area contributed by atoms with E-state index in [1.165, 1.54) is 83.5 Å². The number of rotatable bonds is 4. The van der Waals surface area contributed by atoms with Crippen LogP contribution in [-0.2, 0) is 10.8 Å². The predicted molar refractivity (Wildman–Crippen MR) is 242 cm³/mol. The summed E-state index contributed by atoms with van der Waals surface area (Å²) in [6, 6.07) is 60.7. The fourth-order valence-electron chi connectivity index (χ4n) is 10.0. The van der Waals surface area contributed by atoms with Gasteiger partial charge in [-0.05, 0) is 140 Å². The first-order valence-electron chi connectivity index (χ1n) is 20.5. The topological polar surface area (TPSA) is 12.5 Å². The van der Waals surface area contributed by atoms with E-state index in [-0.39, 0.29) is 10.8 Å². The van der Waals surface area contributed by atoms with E-state index in [1.54, 1.807) is 0 Å². The molecule has 1 aliphatic heterocycles. The third-order valence-corrected chi connectivity index (χ3v) is 13.2. The third-order valence-electron chi connectivity index (χ3n) is 13.2. The molecule has 0 aromatic heterocycles. The molecule has 0 amide bonds. The zero-order valence-corrected chi connectivity index (χ0v) is 33.9. The monoisotopic (exact) mass is 747 g/mol. The molecular formula is C56H45NO. The average molecular weight is 748 g/mol. The molecule has 0 radical (unpaired) electrons. The quantitative estimate of drug-likeness (QED) is 0.178. The zero-order chi connectivity index (χ0) is 39.5. The first kappa shape index (κ1) is 34.6. The maximum Gasteiger partial charge on any atom is 0.152 e. The van der Waals surface area contributed by atoms with E-state index < -0.39 is 0 Å². The molecule has 0 saturated heterocycles. The van der Waals surface area contributed by atoms with Gasteiger partial charge < -0.3 is 9.64 Å². The normalized spacial score (nSPS) is 14.8. The molecule has 8 aromatic carbocycles. The van der Waals surface area contributed by atoms with Crippen molar-refractivity contribution in [1.29, 1.82) is 0 Å². The molecule has 8 aromatic rings. The van der Waals surface area contributed by atoms with Crippen LogP contribution in [0.2, 0.25) is 0 Å². The van der Waals surface area contributed by atoms with Crippen molar-refractivity contribution in [3.63, 3.8) is 0 Å². The Kier molecular flexibility index (Phi) is 7.41. The van der Waals surface area contributed by atoms with Crippen molar-refractivity contribution in [2.24, 2.45) is 0 Å². The molecule has 2 nitrogen and oxygen atoms in total. The first-order chi connectivity index (χ1) is 28.1. The maximum atomic E-state index is 6.78. The highest BCUT2D eigenvalue weighted by Gasteiger charge is 2.38. The molecule has 0 unspecified atom stereocenters. The van der Waals surface area contributed by atoms with Gasteiger partial charge >= 0.3 is 0 Å². The summed E-state index contributed by atoms with van der Waals surface area (Å²) in [6.07, 6.45) is 0. The van der Waals surface area contributed by atoms with Gasteiger partial charge in [0.15, 0.2) is 11.5 Å². The highest BCUT2D eigenvalue weighted by atomic mass is 16.5. The number of ether oxygens (including phenoxy) is 1. The molecule has 0 spiro atoms. The fraction of sp³-hybridized carbons (Fsp3) is 0.143. The van der Waals surface area contributed by atoms with Crippen molar-refractivity contribution in [3.05, 3.63) is 197 Å². The number of hydrogen-bond donors (Lipinski definition) is 0. The molecular weight excluding hydrogens is 703 g/mol. The average Bonchev–Trinajstić information content (AvgIpc) is 3.60. The number of fused-ring (bicyclic) bond motifs is 8. The summed E-state index contributed by atoms with van der Waals surface area (Å²) in [4.78, 5) is 2.36. The smallest absolute Gasteiger partial charge is 0.152 e. The van der Waals surface area contributed by atoms with Crippen LogP contribution in [-0.4, -0.2) is 0 Å². The number of para-hydroxylation sites is 1. The highest BCUT2D eigenvalue weighted by molar-refractivity contribution is 5.94. The molecule has 3 aliphatic rings. The summed E-state index contributed by atoms with van der Waals surface area (Å²) < 4.78 is 6.78. The number of hydrogen-bond acceptors (Lipinski definition) is 2. The largest absolute Gasteiger partial charge is 0.453 e. The van der Waals surface area contributed by atoms with Crippen molar-refractivity contribution in [2.45, 2.75) is 52.4 Å². The molecule has 2 aliphatic carbocycles. The van der Waals surface area contributed by atoms with Crippen molar-refractivity contribution in [3.8, 4) is 67.1 Å². The van der Waals surface area contributed by atoms with Crippen molar-refractivity contribution < 1.29 is 4.74 Å². The van der Waals surface area contributed by atoms with E-state index in [9.17, 15) is 0 Å². The summed E-state index contributed by atoms with van der Waals surface area (Å²) in [5.74, 6) is 1.71. The molecule has 0 bridgehead atoms. The molecule has 0 saturated carbocycles. The Morgan fingerprint density at radius 2 is 0.776 bits per heavy atom. The molecule has 1 heterocycles. The van der Waals surface area contributed by atoms with E-state index >= 15 is 0 Å². The standard InChI is InChI=1S/C56H45NO/c1-34-16-22-42-43-23-18-37(30-47(43)55(3,4)46(42)28-34)38-19-24-44-45-25-20-39(32-49(45)56(5,6)48(44)31-38)40-21-27-52-54(33-40)58-53-29-35(2)17-26-51(53)57(52)50-15-11-10-14-41(50)36-12-8-7-9-13-36/h7-33H,1-6H3. The van der Waals surface area contributed by atoms with Crippen molar-refractivity contribution >= 4 is 17.1 Å². The molecule has 0 fully saturated rings. The van der Waals surface area contributed by atoms with Crippen LogP contribution in [0, 0.1) is 13.8 Å². The lowest BCUT2D eigenvalue weighted by Gasteiger charge is -2.34. The molecule has 58 heavy (non-hydrogen) atoms. The van der Waals surface area contributed by atoms with E-state index in [0.29, 0.717) is 0 Å². The second kappa shape index (κ2) is 12.4. The molecule has 0 N–H and O–H groups in total. The Labute approximate surface area is 342 Å². The summed E-state index contributed by atoms with van der Waals surface area (Å²) in [6.45, 7) is 13.8. The minimum atomic E-state index is -0.167. The van der Waals surface area contributed by atoms with E-state index in [0.717, 1.165) is 34.1 Å². The van der Waals surface area contributed by atoms with Crippen LogP contribution in [0.15, 0.2) is 164 Å². The van der Waals surface area contributed by atoms with Crippen LogP contribution in [0.4, 0.5) is 17.1 Å². The molecule has 280 valence electrons. The summed E-state index contributed by atoms with van der Waals surface area (Å²) in [5, 5.41) is 0. The third kappa shape index (κ3) is 5.11. The fourth-order valence-corrected chi connectivity index (χ4v) is 10.0. The van der Waals surface area contributed by atoms with Crippen LogP contribution >= 0.6 is 0 Å². The predicted octanol–water partition coefficient (Wildman–Crippen LogP) is 15.5. The molecule has 11 rings (SSSR count). The van der Waals surface area contributed by atoms with Crippen LogP contribution in [0.25, 0.3) is 55.6 Å². The lowest BCUT2D eigenvalue weighted by Crippen LogP contribution is -2.17. The highest BCUT2D eigenvalue weighted by Crippen LogP contribution is 2.55. The molecule has 0 atom stereocenters. The van der Waals surface area contributed by atoms with Crippen LogP contribution in [0.1, 0.15) is 61.1 Å². The number of anilines is 3. The number of nitrogens with zero attached hydrogens (tertiary/aromatic N) is 1. The van der Waals surface area contributed by atoms with Gasteiger partial charge in [0.25, 0.3) is 0 Å². The maximum absolute atomic E-state index is 6.78. The van der Waals surface area contributed by atoms with Crippen molar-refractivity contribution in [2.75, 3.05) is 4.90 Å². The number of aryl methyl sites for hydroxylation is 2. The SMILES string of the molecule is Cc1ccc2c(c1)Oc1cc(-c3ccc4c(c3)C(C)(C)c3cc(-c5ccc6c(c5)C(C)(C)c5cc(C)ccc5-6)ccc3-4)ccc1N2c1ccccc1-c1ccccc1. The minimum absolute atomic E-state index is 0.0374. The van der Waals surface area contributed by atoms with Gasteiger partial charge in [0, 0.05) is 16.4 Å². The van der Waals surface area contributed by atoms with E-state index in [4.69, 9.17) is 4.74 Å². The Bertz CT molecular complexity index is 3000. The van der Waals surface area contributed by atoms with Gasteiger partial charge in [-0.2, -0.15) is 0 Å². The van der Waals surface area contributed by atoms with Crippen LogP contribution in [0.5, 0.6) is 11.5 Å². The lowest BCUT2D eigenvalue weighted by atomic mass is 9.80. The Morgan fingerprint density at radius 3 is 1.38 bits per heavy atom. The lowest BCUT2D eigenvalue weighted by molar-refractivity contribution is 0.477. The Balaban J connectivity index is 0.959. The van der Waals surface area contributed by atoms with E-state index in [1.807, 2.05) is 0 Å². The first-order valence-corrected chi connectivity index (χ1v) is 20.5. The number of benzene rings is 8. The zero-order valence-electron chi connectivity index (χ0n) is 33.9. The van der Waals surface area contributed by atoms with Gasteiger partial charge in [-0.15, -0.1) is 0 Å². The van der Waals surface area contributed by atoms with E-state index in [2.05, 4.69) is 210 Å². The van der Waals surface area contributed by atoms with Gasteiger partial charge in [0.05, 0.1) is 17.1 Å². The van der Waals surface area contributed by atoms with Gasteiger partial charge in [-0.3, -0.25) is 0 Å². The van der Waals surface area contributed by atoms with Crippen molar-refractivity contribution in [1.82, 2.24) is 0 Å². The van der Waals surface area contributed by atoms with Gasteiger partial charge in [0.1, 0.15) is 0 Å². The summed E-state index contributed by atoms with van der Waals surface area (Å²) >= 11 is 0. The Hall–Kier alpha value is -6.64.